The number of aromatic nitrogens is 4. The fraction of sp³-hybridized carbons (Fsp3) is 0.429. The lowest BCUT2D eigenvalue weighted by atomic mass is 10.3. The molecular weight excluding hydrogens is 336 g/mol. The van der Waals surface area contributed by atoms with Crippen molar-refractivity contribution in [3.05, 3.63) is 39.8 Å². The van der Waals surface area contributed by atoms with Crippen molar-refractivity contribution >= 4 is 17.5 Å². The number of carbonyl (C=O) groups excluding carboxylic acids is 1. The van der Waals surface area contributed by atoms with Gasteiger partial charge in [0.2, 0.25) is 12.3 Å². The van der Waals surface area contributed by atoms with Crippen molar-refractivity contribution in [3.8, 4) is 5.69 Å². The summed E-state index contributed by atoms with van der Waals surface area (Å²) in [5.41, 5.74) is -0.115. The summed E-state index contributed by atoms with van der Waals surface area (Å²) in [7, 11) is 0. The molecule has 1 saturated heterocycles. The number of aliphatic hydroxyl groups excluding tert-OH is 1. The van der Waals surface area contributed by atoms with E-state index >= 15 is 0 Å². The maximum atomic E-state index is 12.4. The minimum Gasteiger partial charge on any atom is -0.359 e. The van der Waals surface area contributed by atoms with E-state index in [1.165, 1.54) is 6.92 Å². The molecular formula is C14H17ClN6O3. The van der Waals surface area contributed by atoms with E-state index in [4.69, 9.17) is 11.6 Å². The molecule has 1 fully saturated rings. The van der Waals surface area contributed by atoms with Gasteiger partial charge in [-0.1, -0.05) is 17.7 Å². The van der Waals surface area contributed by atoms with Crippen LogP contribution in [-0.2, 0) is 4.79 Å². The second-order valence-corrected chi connectivity index (χ2v) is 6.06. The lowest BCUT2D eigenvalue weighted by Gasteiger charge is -2.21. The summed E-state index contributed by atoms with van der Waals surface area (Å²) in [6.45, 7) is 2.40. The summed E-state index contributed by atoms with van der Waals surface area (Å²) >= 11 is 5.92. The monoisotopic (exact) mass is 352 g/mol. The first-order chi connectivity index (χ1) is 11.5. The van der Waals surface area contributed by atoms with Crippen LogP contribution in [0.2, 0.25) is 5.02 Å². The van der Waals surface area contributed by atoms with Gasteiger partial charge >= 0.3 is 5.69 Å². The van der Waals surface area contributed by atoms with E-state index in [9.17, 15) is 14.7 Å². The van der Waals surface area contributed by atoms with Gasteiger partial charge in [0.25, 0.3) is 0 Å². The highest BCUT2D eigenvalue weighted by atomic mass is 35.5. The Labute approximate surface area is 142 Å². The molecule has 2 aromatic rings. The topological polar surface area (TPSA) is 105 Å². The fourth-order valence-corrected chi connectivity index (χ4v) is 2.91. The van der Waals surface area contributed by atoms with Gasteiger partial charge in [-0.05, 0) is 35.0 Å². The van der Waals surface area contributed by atoms with E-state index in [2.05, 4.69) is 15.7 Å². The van der Waals surface area contributed by atoms with Gasteiger partial charge in [-0.2, -0.15) is 4.68 Å². The molecule has 0 spiro atoms. The first kappa shape index (κ1) is 16.6. The van der Waals surface area contributed by atoms with Crippen LogP contribution >= 0.6 is 11.6 Å². The summed E-state index contributed by atoms with van der Waals surface area (Å²) in [6, 6.07) is 6.56. The highest BCUT2D eigenvalue weighted by Gasteiger charge is 2.30. The summed E-state index contributed by atoms with van der Waals surface area (Å²) in [6.07, 6.45) is -0.558. The molecule has 1 aliphatic heterocycles. The smallest absolute Gasteiger partial charge is 0.359 e. The van der Waals surface area contributed by atoms with Gasteiger partial charge in [0.15, 0.2) is 0 Å². The average molecular weight is 353 g/mol. The number of halogens is 1. The molecule has 1 aromatic carbocycles. The summed E-state index contributed by atoms with van der Waals surface area (Å²) in [5, 5.41) is 21.2. The number of likely N-dealkylation sites (tertiary alicyclic amines) is 1. The number of amides is 1. The van der Waals surface area contributed by atoms with Crippen LogP contribution in [0.5, 0.6) is 0 Å². The molecule has 1 aliphatic rings. The molecule has 128 valence electrons. The summed E-state index contributed by atoms with van der Waals surface area (Å²) < 4.78 is 1.97. The molecule has 2 heterocycles. The van der Waals surface area contributed by atoms with E-state index in [1.807, 2.05) is 0 Å². The minimum absolute atomic E-state index is 0.0594. The molecule has 0 aliphatic carbocycles. The maximum Gasteiger partial charge on any atom is 0.372 e. The van der Waals surface area contributed by atoms with Crippen LogP contribution in [0.3, 0.4) is 0 Å². The summed E-state index contributed by atoms with van der Waals surface area (Å²) in [4.78, 5) is 25.2. The minimum atomic E-state index is -1.25. The van der Waals surface area contributed by atoms with Gasteiger partial charge in [-0.15, -0.1) is 4.68 Å². The van der Waals surface area contributed by atoms with Gasteiger partial charge < -0.3 is 10.4 Å². The molecule has 2 atom stereocenters. The number of hydrogen-bond donors (Lipinski definition) is 2. The number of nitrogens with one attached hydrogen (secondary N) is 1. The lowest BCUT2D eigenvalue weighted by molar-refractivity contribution is -0.119. The Kier molecular flexibility index (Phi) is 4.65. The number of rotatable bonds is 4. The van der Waals surface area contributed by atoms with Crippen LogP contribution in [0.4, 0.5) is 0 Å². The second-order valence-electron chi connectivity index (χ2n) is 5.63. The second kappa shape index (κ2) is 6.71. The summed E-state index contributed by atoms with van der Waals surface area (Å²) in [5.74, 6) is -0.125. The molecule has 1 unspecified atom stereocenters. The fourth-order valence-electron chi connectivity index (χ4n) is 2.73. The number of nitrogens with zero attached hydrogens (tertiary/aromatic N) is 5. The van der Waals surface area contributed by atoms with Crippen molar-refractivity contribution in [2.75, 3.05) is 13.1 Å². The van der Waals surface area contributed by atoms with Crippen molar-refractivity contribution in [1.29, 1.82) is 0 Å². The Balaban J connectivity index is 1.79. The van der Waals surface area contributed by atoms with E-state index in [-0.39, 0.29) is 11.9 Å². The van der Waals surface area contributed by atoms with Crippen molar-refractivity contribution in [2.45, 2.75) is 25.7 Å². The largest absolute Gasteiger partial charge is 0.372 e. The van der Waals surface area contributed by atoms with E-state index in [0.29, 0.717) is 30.2 Å². The van der Waals surface area contributed by atoms with Crippen LogP contribution in [0.1, 0.15) is 19.7 Å². The molecule has 1 amide bonds. The lowest BCUT2D eigenvalue weighted by Crippen LogP contribution is -2.40. The van der Waals surface area contributed by atoms with Crippen LogP contribution in [0, 0.1) is 0 Å². The van der Waals surface area contributed by atoms with Gasteiger partial charge in [-0.25, -0.2) is 4.79 Å². The van der Waals surface area contributed by atoms with Crippen molar-refractivity contribution in [2.24, 2.45) is 0 Å². The number of tetrazole rings is 1. The Morgan fingerprint density at radius 1 is 1.46 bits per heavy atom. The average Bonchev–Trinajstić information content (AvgIpc) is 3.13. The quantitative estimate of drug-likeness (QED) is 0.785. The van der Waals surface area contributed by atoms with Gasteiger partial charge in [0, 0.05) is 31.1 Å². The van der Waals surface area contributed by atoms with E-state index in [0.717, 1.165) is 9.36 Å². The number of hydrogen-bond acceptors (Lipinski definition) is 6. The highest BCUT2D eigenvalue weighted by Crippen LogP contribution is 2.17. The van der Waals surface area contributed by atoms with Crippen LogP contribution in [-0.4, -0.2) is 54.8 Å². The Bertz CT molecular complexity index is 804. The third-order valence-corrected chi connectivity index (χ3v) is 4.06. The van der Waals surface area contributed by atoms with E-state index < -0.39 is 12.0 Å². The van der Waals surface area contributed by atoms with Crippen molar-refractivity contribution < 1.29 is 9.90 Å². The molecule has 9 nitrogen and oxygen atoms in total. The first-order valence-corrected chi connectivity index (χ1v) is 7.83. The zero-order chi connectivity index (χ0) is 17.3. The number of carbonyl (C=O) groups is 1. The predicted octanol–water partition coefficient (Wildman–Crippen LogP) is -0.259. The SMILES string of the molecule is CC(=O)N[C@H]1CCN(C(O)n2nnn(-c3cccc(Cl)c3)c2=O)C1. The third kappa shape index (κ3) is 3.32. The Morgan fingerprint density at radius 2 is 2.25 bits per heavy atom. The molecule has 24 heavy (non-hydrogen) atoms. The highest BCUT2D eigenvalue weighted by molar-refractivity contribution is 6.30. The van der Waals surface area contributed by atoms with Gasteiger partial charge in [0.1, 0.15) is 0 Å². The Hall–Kier alpha value is -2.23. The van der Waals surface area contributed by atoms with Crippen LogP contribution < -0.4 is 11.0 Å². The molecule has 0 bridgehead atoms. The maximum absolute atomic E-state index is 12.4. The molecule has 0 radical (unpaired) electrons. The first-order valence-electron chi connectivity index (χ1n) is 7.45. The predicted molar refractivity (Wildman–Crippen MR) is 85.7 cm³/mol. The van der Waals surface area contributed by atoms with Crippen LogP contribution in [0.25, 0.3) is 5.69 Å². The van der Waals surface area contributed by atoms with E-state index in [1.54, 1.807) is 29.2 Å². The molecule has 0 saturated carbocycles. The molecule has 2 N–H and O–H groups in total. The van der Waals surface area contributed by atoms with Crippen molar-refractivity contribution in [3.63, 3.8) is 0 Å². The number of aliphatic hydroxyl groups is 1. The Morgan fingerprint density at radius 3 is 2.96 bits per heavy atom. The number of benzene rings is 1. The normalized spacial score (nSPS) is 19.4. The molecule has 1 aromatic heterocycles. The third-order valence-electron chi connectivity index (χ3n) is 3.83. The standard InChI is InChI=1S/C14H17ClN6O3/c1-9(22)16-11-5-6-19(8-11)13(23)21-14(24)20(17-18-21)12-4-2-3-10(15)7-12/h2-4,7,11,13,23H,5-6,8H2,1H3,(H,16,22)/t11-,13?/m0/s1. The molecule has 3 rings (SSSR count). The van der Waals surface area contributed by atoms with Gasteiger partial charge in [0.05, 0.1) is 5.69 Å². The zero-order valence-electron chi connectivity index (χ0n) is 13.0. The van der Waals surface area contributed by atoms with Gasteiger partial charge in [-0.3, -0.25) is 9.69 Å². The molecule has 10 heteroatoms. The van der Waals surface area contributed by atoms with Crippen molar-refractivity contribution in [1.82, 2.24) is 30.0 Å². The zero-order valence-corrected chi connectivity index (χ0v) is 13.7. The van der Waals surface area contributed by atoms with Crippen LogP contribution in [0.15, 0.2) is 29.1 Å².